The van der Waals surface area contributed by atoms with Gasteiger partial charge in [-0.25, -0.2) is 9.78 Å². The van der Waals surface area contributed by atoms with Crippen LogP contribution in [0, 0.1) is 5.92 Å². The van der Waals surface area contributed by atoms with Gasteiger partial charge < -0.3 is 24.4 Å². The molecule has 0 atom stereocenters. The summed E-state index contributed by atoms with van der Waals surface area (Å²) in [6.45, 7) is 6.08. The minimum Gasteiger partial charge on any atom is -0.491 e. The van der Waals surface area contributed by atoms with Crippen LogP contribution in [0.25, 0.3) is 0 Å². The first kappa shape index (κ1) is 26.7. The van der Waals surface area contributed by atoms with E-state index in [4.69, 9.17) is 9.47 Å². The van der Waals surface area contributed by atoms with Gasteiger partial charge in [0.05, 0.1) is 18.8 Å². The summed E-state index contributed by atoms with van der Waals surface area (Å²) >= 11 is 0. The summed E-state index contributed by atoms with van der Waals surface area (Å²) in [6, 6.07) is 15.3. The van der Waals surface area contributed by atoms with Gasteiger partial charge in [0.25, 0.3) is 5.91 Å². The van der Waals surface area contributed by atoms with Crippen molar-refractivity contribution in [2.45, 2.75) is 39.7 Å². The number of hydrogen-bond acceptors (Lipinski definition) is 7. The molecule has 0 aliphatic heterocycles. The Morgan fingerprint density at radius 1 is 0.974 bits per heavy atom. The van der Waals surface area contributed by atoms with Crippen molar-refractivity contribution in [2.75, 3.05) is 23.9 Å². The van der Waals surface area contributed by atoms with E-state index in [0.717, 1.165) is 25.1 Å². The van der Waals surface area contributed by atoms with Gasteiger partial charge in [0, 0.05) is 37.0 Å². The van der Waals surface area contributed by atoms with Gasteiger partial charge in [-0.15, -0.1) is 0 Å². The van der Waals surface area contributed by atoms with Crippen LogP contribution in [0.2, 0.25) is 0 Å². The van der Waals surface area contributed by atoms with Crippen molar-refractivity contribution >= 4 is 29.3 Å². The molecule has 0 unspecified atom stereocenters. The van der Waals surface area contributed by atoms with Crippen molar-refractivity contribution in [1.82, 2.24) is 4.98 Å². The zero-order valence-corrected chi connectivity index (χ0v) is 21.9. The quantitative estimate of drug-likeness (QED) is 0.356. The van der Waals surface area contributed by atoms with Crippen LogP contribution in [0.1, 0.15) is 54.3 Å². The standard InChI is InChI=1S/C29H31N3O6/c1-18(2)37-25-13-22(28(34)31-27-12-7-21(16-30-27)29(35)36-4)14-26(15-25)38-24-10-8-23(9-11-24)32(19(3)33)17-20-5-6-20/h7-16,18,20H,5-6,17H2,1-4H3,(H,30,31,34). The molecular weight excluding hydrogens is 486 g/mol. The Morgan fingerprint density at radius 3 is 2.26 bits per heavy atom. The van der Waals surface area contributed by atoms with Gasteiger partial charge in [-0.05, 0) is 81.1 Å². The number of nitrogens with zero attached hydrogens (tertiary/aromatic N) is 2. The zero-order chi connectivity index (χ0) is 27.2. The van der Waals surface area contributed by atoms with E-state index in [1.165, 1.54) is 25.4 Å². The number of anilines is 2. The summed E-state index contributed by atoms with van der Waals surface area (Å²) in [5.41, 5.74) is 1.40. The van der Waals surface area contributed by atoms with Crippen molar-refractivity contribution in [2.24, 2.45) is 5.92 Å². The summed E-state index contributed by atoms with van der Waals surface area (Å²) in [4.78, 5) is 42.6. The van der Waals surface area contributed by atoms with Crippen molar-refractivity contribution in [1.29, 1.82) is 0 Å². The number of carbonyl (C=O) groups excluding carboxylic acids is 3. The topological polar surface area (TPSA) is 107 Å². The first-order valence-electron chi connectivity index (χ1n) is 12.5. The highest BCUT2D eigenvalue weighted by molar-refractivity contribution is 6.04. The van der Waals surface area contributed by atoms with Crippen LogP contribution in [-0.2, 0) is 9.53 Å². The number of methoxy groups -OCH3 is 1. The molecule has 9 nitrogen and oxygen atoms in total. The molecule has 0 bridgehead atoms. The number of esters is 1. The normalized spacial score (nSPS) is 12.6. The molecule has 198 valence electrons. The largest absolute Gasteiger partial charge is 0.491 e. The van der Waals surface area contributed by atoms with E-state index in [1.807, 2.05) is 26.0 Å². The Morgan fingerprint density at radius 2 is 1.68 bits per heavy atom. The Hall–Kier alpha value is -4.40. The Labute approximate surface area is 221 Å². The van der Waals surface area contributed by atoms with E-state index in [1.54, 1.807) is 42.2 Å². The van der Waals surface area contributed by atoms with E-state index in [-0.39, 0.29) is 23.4 Å². The molecule has 3 aromatic rings. The molecule has 1 N–H and O–H groups in total. The van der Waals surface area contributed by atoms with Crippen LogP contribution < -0.4 is 19.7 Å². The summed E-state index contributed by atoms with van der Waals surface area (Å²) in [5.74, 6) is 1.36. The lowest BCUT2D eigenvalue weighted by Crippen LogP contribution is -2.30. The molecule has 2 aromatic carbocycles. The van der Waals surface area contributed by atoms with Crippen molar-refractivity contribution in [3.8, 4) is 17.2 Å². The minimum absolute atomic E-state index is 0.00850. The van der Waals surface area contributed by atoms with Crippen LogP contribution in [0.3, 0.4) is 0 Å². The maximum absolute atomic E-state index is 13.0. The molecule has 38 heavy (non-hydrogen) atoms. The molecule has 1 heterocycles. The van der Waals surface area contributed by atoms with E-state index in [0.29, 0.717) is 28.7 Å². The average molecular weight is 518 g/mol. The second kappa shape index (κ2) is 11.8. The van der Waals surface area contributed by atoms with Gasteiger partial charge in [-0.3, -0.25) is 9.59 Å². The van der Waals surface area contributed by atoms with Gasteiger partial charge in [0.2, 0.25) is 5.91 Å². The number of nitrogens with one attached hydrogen (secondary N) is 1. The molecule has 1 fully saturated rings. The highest BCUT2D eigenvalue weighted by Gasteiger charge is 2.26. The number of pyridine rings is 1. The first-order valence-corrected chi connectivity index (χ1v) is 12.5. The van der Waals surface area contributed by atoms with Gasteiger partial charge >= 0.3 is 5.97 Å². The molecule has 1 aliphatic carbocycles. The lowest BCUT2D eigenvalue weighted by atomic mass is 10.1. The fourth-order valence-electron chi connectivity index (χ4n) is 3.80. The van der Waals surface area contributed by atoms with Gasteiger partial charge in [-0.2, -0.15) is 0 Å². The summed E-state index contributed by atoms with van der Waals surface area (Å²) in [5, 5.41) is 2.71. The molecule has 9 heteroatoms. The lowest BCUT2D eigenvalue weighted by molar-refractivity contribution is -0.116. The predicted octanol–water partition coefficient (Wildman–Crippen LogP) is 5.46. The Kier molecular flexibility index (Phi) is 8.25. The van der Waals surface area contributed by atoms with Crippen molar-refractivity contribution < 1.29 is 28.6 Å². The Bertz CT molecular complexity index is 1300. The third-order valence-electron chi connectivity index (χ3n) is 5.84. The summed E-state index contributed by atoms with van der Waals surface area (Å²) < 4.78 is 16.6. The van der Waals surface area contributed by atoms with Gasteiger partial charge in [0.1, 0.15) is 23.1 Å². The second-order valence-electron chi connectivity index (χ2n) is 9.41. The third kappa shape index (κ3) is 7.09. The molecule has 0 saturated heterocycles. The highest BCUT2D eigenvalue weighted by Crippen LogP contribution is 2.33. The van der Waals surface area contributed by atoms with E-state index >= 15 is 0 Å². The Balaban J connectivity index is 1.51. The minimum atomic E-state index is -0.513. The van der Waals surface area contributed by atoms with Gasteiger partial charge in [-0.1, -0.05) is 0 Å². The predicted molar refractivity (Wildman–Crippen MR) is 143 cm³/mol. The van der Waals surface area contributed by atoms with E-state index < -0.39 is 11.9 Å². The summed E-state index contributed by atoms with van der Waals surface area (Å²) in [7, 11) is 1.29. The van der Waals surface area contributed by atoms with Crippen LogP contribution in [0.5, 0.6) is 17.2 Å². The van der Waals surface area contributed by atoms with Crippen molar-refractivity contribution in [3.05, 3.63) is 71.9 Å². The molecular formula is C29H31N3O6. The van der Waals surface area contributed by atoms with Crippen LogP contribution in [0.15, 0.2) is 60.8 Å². The fourth-order valence-corrected chi connectivity index (χ4v) is 3.80. The molecule has 1 aliphatic rings. The monoisotopic (exact) mass is 517 g/mol. The fraction of sp³-hybridized carbons (Fsp3) is 0.310. The highest BCUT2D eigenvalue weighted by atomic mass is 16.5. The van der Waals surface area contributed by atoms with Gasteiger partial charge in [0.15, 0.2) is 0 Å². The molecule has 1 aromatic heterocycles. The number of aromatic nitrogens is 1. The summed E-state index contributed by atoms with van der Waals surface area (Å²) in [6.07, 6.45) is 3.53. The van der Waals surface area contributed by atoms with Crippen LogP contribution in [0.4, 0.5) is 11.5 Å². The van der Waals surface area contributed by atoms with Crippen LogP contribution in [-0.4, -0.2) is 42.5 Å². The van der Waals surface area contributed by atoms with Crippen molar-refractivity contribution in [3.63, 3.8) is 0 Å². The van der Waals surface area contributed by atoms with E-state index in [2.05, 4.69) is 15.0 Å². The second-order valence-corrected chi connectivity index (χ2v) is 9.41. The number of benzene rings is 2. The molecule has 2 amide bonds. The molecule has 0 radical (unpaired) electrons. The first-order chi connectivity index (χ1) is 18.2. The number of carbonyl (C=O) groups is 3. The lowest BCUT2D eigenvalue weighted by Gasteiger charge is -2.21. The number of rotatable bonds is 10. The zero-order valence-electron chi connectivity index (χ0n) is 21.9. The average Bonchev–Trinajstić information content (AvgIpc) is 3.71. The maximum Gasteiger partial charge on any atom is 0.339 e. The molecule has 1 saturated carbocycles. The number of ether oxygens (including phenoxy) is 3. The van der Waals surface area contributed by atoms with Crippen LogP contribution >= 0.6 is 0 Å². The SMILES string of the molecule is COC(=O)c1ccc(NC(=O)c2cc(Oc3ccc(N(CC4CC4)C(C)=O)cc3)cc(OC(C)C)c2)nc1. The number of hydrogen-bond donors (Lipinski definition) is 1. The smallest absolute Gasteiger partial charge is 0.339 e. The molecule has 4 rings (SSSR count). The van der Waals surface area contributed by atoms with E-state index in [9.17, 15) is 14.4 Å². The maximum atomic E-state index is 13.0. The third-order valence-corrected chi connectivity index (χ3v) is 5.84. The number of amides is 2. The molecule has 0 spiro atoms.